The van der Waals surface area contributed by atoms with Gasteiger partial charge in [0.05, 0.1) is 6.10 Å². The highest BCUT2D eigenvalue weighted by atomic mass is 16.3. The highest BCUT2D eigenvalue weighted by molar-refractivity contribution is 5.97. The molecular weight excluding hydrogens is 512 g/mol. The molecule has 0 amide bonds. The summed E-state index contributed by atoms with van der Waals surface area (Å²) in [6.45, 7) is 21.4. The maximum absolute atomic E-state index is 12.2. The zero-order chi connectivity index (χ0) is 31.5. The van der Waals surface area contributed by atoms with Crippen LogP contribution in [-0.2, 0) is 4.79 Å². The van der Waals surface area contributed by atoms with Gasteiger partial charge in [0.15, 0.2) is 5.78 Å². The molecule has 0 aromatic carbocycles. The van der Waals surface area contributed by atoms with E-state index in [0.717, 1.165) is 36.0 Å². The lowest BCUT2D eigenvalue weighted by molar-refractivity contribution is -0.116. The molecule has 0 bridgehead atoms. The minimum absolute atomic E-state index is 0.00248. The standard InChI is InChI=1S/C40H54O2/c1-29(17-13-19-31(3)21-23-36-33(5)27-35(41)28-40(36,9)10)15-11-12-16-30(2)18-14-20-32(4)22-24-37-34(6)38(42)25-26-39(37,7)8/h11-24,35,41H,25-28H2,1-10H3. The lowest BCUT2D eigenvalue weighted by Crippen LogP contribution is -2.28. The van der Waals surface area contributed by atoms with E-state index in [-0.39, 0.29) is 22.7 Å². The molecule has 226 valence electrons. The first kappa shape index (κ1) is 35.0. The summed E-state index contributed by atoms with van der Waals surface area (Å²) in [5, 5.41) is 10.1. The van der Waals surface area contributed by atoms with Gasteiger partial charge in [0, 0.05) is 6.42 Å². The molecule has 2 heteroatoms. The summed E-state index contributed by atoms with van der Waals surface area (Å²) in [5.74, 6) is 0.274. The Morgan fingerprint density at radius 3 is 1.64 bits per heavy atom. The maximum atomic E-state index is 12.2. The Bertz CT molecular complexity index is 1330. The molecule has 0 spiro atoms. The minimum Gasteiger partial charge on any atom is -0.393 e. The molecule has 0 fully saturated rings. The fourth-order valence-corrected chi connectivity index (χ4v) is 5.71. The fraction of sp³-hybridized carbons (Fsp3) is 0.425. The summed E-state index contributed by atoms with van der Waals surface area (Å²) in [6, 6.07) is 0. The first-order chi connectivity index (χ1) is 19.6. The average Bonchev–Trinajstić information content (AvgIpc) is 2.87. The highest BCUT2D eigenvalue weighted by Crippen LogP contribution is 2.41. The van der Waals surface area contributed by atoms with Crippen LogP contribution >= 0.6 is 0 Å². The van der Waals surface area contributed by atoms with E-state index >= 15 is 0 Å². The monoisotopic (exact) mass is 566 g/mol. The van der Waals surface area contributed by atoms with Crippen molar-refractivity contribution in [3.63, 3.8) is 0 Å². The van der Waals surface area contributed by atoms with Gasteiger partial charge >= 0.3 is 0 Å². The van der Waals surface area contributed by atoms with Gasteiger partial charge in [0.25, 0.3) is 0 Å². The highest BCUT2D eigenvalue weighted by Gasteiger charge is 2.32. The molecule has 2 nitrogen and oxygen atoms in total. The van der Waals surface area contributed by atoms with Gasteiger partial charge in [-0.25, -0.2) is 0 Å². The van der Waals surface area contributed by atoms with Crippen molar-refractivity contribution in [3.8, 4) is 0 Å². The third-order valence-corrected chi connectivity index (χ3v) is 8.30. The second-order valence-electron chi connectivity index (χ2n) is 13.4. The quantitative estimate of drug-likeness (QED) is 0.267. The minimum atomic E-state index is -0.229. The number of Topliss-reactive ketones (excluding diaryl/α,β-unsaturated/α-hetero) is 1. The maximum Gasteiger partial charge on any atom is 0.158 e. The van der Waals surface area contributed by atoms with E-state index in [1.807, 2.05) is 6.92 Å². The van der Waals surface area contributed by atoms with Gasteiger partial charge in [0.1, 0.15) is 0 Å². The largest absolute Gasteiger partial charge is 0.393 e. The number of hydrogen-bond acceptors (Lipinski definition) is 2. The number of aliphatic hydroxyl groups excluding tert-OH is 1. The summed E-state index contributed by atoms with van der Waals surface area (Å²) in [4.78, 5) is 12.2. The van der Waals surface area contributed by atoms with Crippen molar-refractivity contribution in [1.82, 2.24) is 0 Å². The summed E-state index contributed by atoms with van der Waals surface area (Å²) < 4.78 is 0. The summed E-state index contributed by atoms with van der Waals surface area (Å²) in [7, 11) is 0. The van der Waals surface area contributed by atoms with Crippen molar-refractivity contribution >= 4 is 5.78 Å². The summed E-state index contributed by atoms with van der Waals surface area (Å²) >= 11 is 0. The zero-order valence-corrected chi connectivity index (χ0v) is 27.8. The van der Waals surface area contributed by atoms with Crippen LogP contribution in [0.25, 0.3) is 0 Å². The van der Waals surface area contributed by atoms with Gasteiger partial charge in [-0.1, -0.05) is 141 Å². The van der Waals surface area contributed by atoms with Crippen LogP contribution in [0.4, 0.5) is 0 Å². The smallest absolute Gasteiger partial charge is 0.158 e. The predicted molar refractivity (Wildman–Crippen MR) is 183 cm³/mol. The van der Waals surface area contributed by atoms with Crippen molar-refractivity contribution in [2.45, 2.75) is 101 Å². The molecule has 0 aromatic heterocycles. The SMILES string of the molecule is CC(C=CC=C(C)C=CC1=C(C)CC(O)CC1(C)C)=CC=CC=C(C)C=CC=C(C)C=CC1=C(C)C(=O)CCC1(C)C. The molecule has 1 unspecified atom stereocenters. The number of allylic oxidation sites excluding steroid dienone is 21. The van der Waals surface area contributed by atoms with Crippen molar-refractivity contribution < 1.29 is 9.90 Å². The second kappa shape index (κ2) is 15.8. The molecule has 42 heavy (non-hydrogen) atoms. The lowest BCUT2D eigenvalue weighted by Gasteiger charge is -2.35. The average molecular weight is 567 g/mol. The van der Waals surface area contributed by atoms with Gasteiger partial charge in [-0.3, -0.25) is 4.79 Å². The molecule has 2 aliphatic rings. The fourth-order valence-electron chi connectivity index (χ4n) is 5.71. The molecule has 0 heterocycles. The first-order valence-electron chi connectivity index (χ1n) is 15.3. The van der Waals surface area contributed by atoms with E-state index in [9.17, 15) is 9.90 Å². The van der Waals surface area contributed by atoms with Gasteiger partial charge < -0.3 is 5.11 Å². The van der Waals surface area contributed by atoms with E-state index in [2.05, 4.69) is 147 Å². The van der Waals surface area contributed by atoms with Gasteiger partial charge in [-0.05, 0) is 88.4 Å². The third-order valence-electron chi connectivity index (χ3n) is 8.30. The van der Waals surface area contributed by atoms with E-state index in [1.54, 1.807) is 0 Å². The van der Waals surface area contributed by atoms with E-state index in [4.69, 9.17) is 0 Å². The van der Waals surface area contributed by atoms with Crippen LogP contribution in [0.1, 0.15) is 94.9 Å². The Morgan fingerprint density at radius 1 is 0.690 bits per heavy atom. The van der Waals surface area contributed by atoms with Crippen molar-refractivity contribution in [2.75, 3.05) is 0 Å². The topological polar surface area (TPSA) is 37.3 Å². The molecule has 0 saturated carbocycles. The number of carbonyl (C=O) groups is 1. The van der Waals surface area contributed by atoms with Crippen molar-refractivity contribution in [3.05, 3.63) is 130 Å². The number of aliphatic hydroxyl groups is 1. The molecule has 1 atom stereocenters. The third kappa shape index (κ3) is 11.2. The van der Waals surface area contributed by atoms with E-state index < -0.39 is 0 Å². The number of carbonyl (C=O) groups excluding carboxylic acids is 1. The summed E-state index contributed by atoms with van der Waals surface area (Å²) in [5.41, 5.74) is 9.44. The van der Waals surface area contributed by atoms with E-state index in [1.165, 1.54) is 27.9 Å². The molecule has 0 aromatic rings. The Kier molecular flexibility index (Phi) is 13.2. The first-order valence-corrected chi connectivity index (χ1v) is 15.3. The Labute approximate surface area is 256 Å². The lowest BCUT2D eigenvalue weighted by atomic mass is 9.71. The number of ketones is 1. The Hall–Kier alpha value is -3.23. The zero-order valence-electron chi connectivity index (χ0n) is 27.8. The van der Waals surface area contributed by atoms with Crippen molar-refractivity contribution in [1.29, 1.82) is 0 Å². The normalized spacial score (nSPS) is 23.3. The van der Waals surface area contributed by atoms with Crippen molar-refractivity contribution in [2.24, 2.45) is 10.8 Å². The molecule has 0 saturated heterocycles. The second-order valence-corrected chi connectivity index (χ2v) is 13.4. The van der Waals surface area contributed by atoms with Crippen LogP contribution in [0.3, 0.4) is 0 Å². The van der Waals surface area contributed by atoms with Gasteiger partial charge in [0.2, 0.25) is 0 Å². The Morgan fingerprint density at radius 2 is 1.14 bits per heavy atom. The van der Waals surface area contributed by atoms with Crippen LogP contribution in [0.5, 0.6) is 0 Å². The molecule has 0 radical (unpaired) electrons. The van der Waals surface area contributed by atoms with Crippen LogP contribution < -0.4 is 0 Å². The van der Waals surface area contributed by atoms with Crippen LogP contribution in [-0.4, -0.2) is 17.0 Å². The molecule has 2 aliphatic carbocycles. The van der Waals surface area contributed by atoms with Gasteiger partial charge in [-0.2, -0.15) is 0 Å². The number of hydrogen-bond donors (Lipinski definition) is 1. The van der Waals surface area contributed by atoms with Crippen LogP contribution in [0, 0.1) is 10.8 Å². The Balaban J connectivity index is 1.92. The molecule has 0 aliphatic heterocycles. The summed E-state index contributed by atoms with van der Waals surface area (Å²) in [6.07, 6.45) is 32.5. The molecular formula is C40H54O2. The molecule has 2 rings (SSSR count). The number of rotatable bonds is 10. The van der Waals surface area contributed by atoms with Gasteiger partial charge in [-0.15, -0.1) is 0 Å². The molecule has 1 N–H and O–H groups in total. The van der Waals surface area contributed by atoms with Crippen LogP contribution in [0.2, 0.25) is 0 Å². The predicted octanol–water partition coefficient (Wildman–Crippen LogP) is 10.8. The van der Waals surface area contributed by atoms with Crippen LogP contribution in [0.15, 0.2) is 130 Å². The van der Waals surface area contributed by atoms with E-state index in [0.29, 0.717) is 6.42 Å².